The Morgan fingerprint density at radius 3 is 2.52 bits per heavy atom. The third-order valence-electron chi connectivity index (χ3n) is 5.39. The van der Waals surface area contributed by atoms with Gasteiger partial charge in [-0.05, 0) is 68.7 Å². The van der Waals surface area contributed by atoms with Crippen LogP contribution in [0.5, 0.6) is 0 Å². The van der Waals surface area contributed by atoms with E-state index in [1.54, 1.807) is 36.5 Å². The van der Waals surface area contributed by atoms with Crippen LogP contribution >= 0.6 is 0 Å². The van der Waals surface area contributed by atoms with Gasteiger partial charge in [-0.1, -0.05) is 6.07 Å². The van der Waals surface area contributed by atoms with Crippen LogP contribution in [-0.2, 0) is 0 Å². The molecule has 1 aromatic carbocycles. The van der Waals surface area contributed by atoms with Crippen molar-refractivity contribution in [2.24, 2.45) is 5.10 Å². The topological polar surface area (TPSA) is 55.1 Å². The van der Waals surface area contributed by atoms with Gasteiger partial charge >= 0.3 is 0 Å². The van der Waals surface area contributed by atoms with E-state index in [0.717, 1.165) is 12.8 Å². The molecule has 0 unspecified atom stereocenters. The highest BCUT2D eigenvalue weighted by atomic mass is 19.1. The van der Waals surface area contributed by atoms with Crippen molar-refractivity contribution in [3.05, 3.63) is 83.2 Å². The number of hydrogen-bond acceptors (Lipinski definition) is 4. The zero-order valence-corrected chi connectivity index (χ0v) is 17.2. The van der Waals surface area contributed by atoms with Crippen LogP contribution in [0.15, 0.2) is 60.0 Å². The molecular formula is C24H21F2N5. The van der Waals surface area contributed by atoms with Crippen LogP contribution in [0.1, 0.15) is 30.3 Å². The minimum absolute atomic E-state index is 0.0367. The summed E-state index contributed by atoms with van der Waals surface area (Å²) in [5.41, 5.74) is 5.10. The number of rotatable bonds is 4. The molecule has 1 fully saturated rings. The summed E-state index contributed by atoms with van der Waals surface area (Å²) in [5.74, 6) is -0.658. The molecule has 156 valence electrons. The molecule has 0 spiro atoms. The van der Waals surface area contributed by atoms with Crippen molar-refractivity contribution in [1.29, 1.82) is 0 Å². The van der Waals surface area contributed by atoms with E-state index in [4.69, 9.17) is 0 Å². The van der Waals surface area contributed by atoms with Crippen molar-refractivity contribution in [2.75, 3.05) is 5.43 Å². The summed E-state index contributed by atoms with van der Waals surface area (Å²) >= 11 is 0. The number of hydrogen-bond donors (Lipinski definition) is 1. The smallest absolute Gasteiger partial charge is 0.158 e. The lowest BCUT2D eigenvalue weighted by molar-refractivity contribution is 0.589. The van der Waals surface area contributed by atoms with Gasteiger partial charge in [0.25, 0.3) is 0 Å². The van der Waals surface area contributed by atoms with Crippen LogP contribution in [0.2, 0.25) is 0 Å². The summed E-state index contributed by atoms with van der Waals surface area (Å²) in [6.07, 6.45) is 5.42. The van der Waals surface area contributed by atoms with E-state index in [9.17, 15) is 0 Å². The lowest BCUT2D eigenvalue weighted by atomic mass is 10.0. The van der Waals surface area contributed by atoms with Gasteiger partial charge in [0.05, 0.1) is 16.4 Å². The minimum Gasteiger partial charge on any atom is -0.342 e. The number of nitrogens with one attached hydrogen (secondary N) is 1. The molecule has 3 aromatic heterocycles. The Morgan fingerprint density at radius 1 is 1.06 bits per heavy atom. The van der Waals surface area contributed by atoms with Gasteiger partial charge in [-0.15, -0.1) is 0 Å². The molecule has 1 aliphatic rings. The number of aryl methyl sites for hydroxylation is 2. The average molecular weight is 417 g/mol. The summed E-state index contributed by atoms with van der Waals surface area (Å²) in [7, 11) is 0. The van der Waals surface area contributed by atoms with E-state index in [-0.39, 0.29) is 11.6 Å². The van der Waals surface area contributed by atoms with Crippen LogP contribution in [0, 0.1) is 25.5 Å². The molecule has 0 aliphatic heterocycles. The molecule has 7 heteroatoms. The van der Waals surface area contributed by atoms with Crippen LogP contribution in [0.3, 0.4) is 0 Å². The van der Waals surface area contributed by atoms with Crippen LogP contribution in [0.4, 0.5) is 14.6 Å². The molecule has 0 radical (unpaired) electrons. The van der Waals surface area contributed by atoms with Crippen molar-refractivity contribution in [3.8, 4) is 11.1 Å². The Morgan fingerprint density at radius 2 is 1.84 bits per heavy atom. The lowest BCUT2D eigenvalue weighted by Crippen LogP contribution is -2.14. The SMILES string of the molecule is Cc1cc(-c2c(F)cc3/c(=N/Nc4ccccn4)ccn(C4CC4)c3c2F)cc(C)n1. The van der Waals surface area contributed by atoms with Crippen molar-refractivity contribution in [3.63, 3.8) is 0 Å². The molecule has 0 amide bonds. The molecular weight excluding hydrogens is 396 g/mol. The molecule has 1 aliphatic carbocycles. The first-order valence-electron chi connectivity index (χ1n) is 10.2. The number of aromatic nitrogens is 3. The van der Waals surface area contributed by atoms with Crippen molar-refractivity contribution in [2.45, 2.75) is 32.7 Å². The molecule has 1 saturated carbocycles. The van der Waals surface area contributed by atoms with E-state index in [2.05, 4.69) is 20.5 Å². The minimum atomic E-state index is -0.627. The molecule has 1 N–H and O–H groups in total. The second-order valence-electron chi connectivity index (χ2n) is 7.86. The van der Waals surface area contributed by atoms with E-state index >= 15 is 8.78 Å². The summed E-state index contributed by atoms with van der Waals surface area (Å²) in [5, 5.41) is 5.23. The second-order valence-corrected chi connectivity index (χ2v) is 7.86. The Balaban J connectivity index is 1.75. The molecule has 4 aromatic rings. The van der Waals surface area contributed by atoms with E-state index in [0.29, 0.717) is 39.0 Å². The van der Waals surface area contributed by atoms with Gasteiger partial charge in [0.2, 0.25) is 0 Å². The lowest BCUT2D eigenvalue weighted by Gasteiger charge is -2.15. The molecule has 0 saturated heterocycles. The van der Waals surface area contributed by atoms with Crippen molar-refractivity contribution < 1.29 is 8.78 Å². The highest BCUT2D eigenvalue weighted by molar-refractivity contribution is 5.86. The fraction of sp³-hybridized carbons (Fsp3) is 0.208. The average Bonchev–Trinajstić information content (AvgIpc) is 3.57. The van der Waals surface area contributed by atoms with Crippen molar-refractivity contribution in [1.82, 2.24) is 14.5 Å². The van der Waals surface area contributed by atoms with Gasteiger partial charge in [0, 0.05) is 35.2 Å². The number of nitrogens with zero attached hydrogens (tertiary/aromatic N) is 4. The molecule has 5 nitrogen and oxygen atoms in total. The summed E-state index contributed by atoms with van der Waals surface area (Å²) in [4.78, 5) is 8.50. The Kier molecular flexibility index (Phi) is 4.73. The van der Waals surface area contributed by atoms with Crippen molar-refractivity contribution >= 4 is 16.7 Å². The fourth-order valence-corrected chi connectivity index (χ4v) is 3.92. The second kappa shape index (κ2) is 7.58. The normalized spacial score (nSPS) is 14.3. The van der Waals surface area contributed by atoms with Crippen LogP contribution in [-0.4, -0.2) is 14.5 Å². The van der Waals surface area contributed by atoms with Gasteiger partial charge in [-0.2, -0.15) is 5.10 Å². The number of anilines is 1. The van der Waals surface area contributed by atoms with E-state index in [1.165, 1.54) is 6.07 Å². The standard InChI is InChI=1S/C24H21F2N5/c1-14-11-16(12-15(2)28-14)22-19(25)13-18-20(29-30-21-5-3-4-9-27-21)8-10-31(17-6-7-17)24(18)23(22)26/h3-5,8-13,17H,6-7H2,1-2H3,(H,27,30)/b29-20+. The fourth-order valence-electron chi connectivity index (χ4n) is 3.92. The zero-order valence-electron chi connectivity index (χ0n) is 17.2. The van der Waals surface area contributed by atoms with E-state index in [1.807, 2.05) is 30.7 Å². The third kappa shape index (κ3) is 3.67. The van der Waals surface area contributed by atoms with Gasteiger partial charge in [-0.3, -0.25) is 10.4 Å². The monoisotopic (exact) mass is 417 g/mol. The Bertz CT molecular complexity index is 1340. The Hall–Kier alpha value is -3.61. The largest absolute Gasteiger partial charge is 0.342 e. The summed E-state index contributed by atoms with van der Waals surface area (Å²) in [6.45, 7) is 3.63. The first-order chi connectivity index (χ1) is 15.0. The van der Waals surface area contributed by atoms with Gasteiger partial charge in [0.15, 0.2) is 5.82 Å². The first kappa shape index (κ1) is 19.4. The summed E-state index contributed by atoms with van der Waals surface area (Å²) < 4.78 is 33.1. The molecule has 0 atom stereocenters. The maximum atomic E-state index is 15.9. The number of pyridine rings is 3. The summed E-state index contributed by atoms with van der Waals surface area (Å²) in [6, 6.07) is 12.2. The number of halogens is 2. The molecule has 0 bridgehead atoms. The highest BCUT2D eigenvalue weighted by Crippen LogP contribution is 2.39. The van der Waals surface area contributed by atoms with E-state index < -0.39 is 11.6 Å². The predicted octanol–water partition coefficient (Wildman–Crippen LogP) is 5.26. The number of fused-ring (bicyclic) bond motifs is 1. The van der Waals surface area contributed by atoms with Gasteiger partial charge < -0.3 is 4.57 Å². The molecule has 3 heterocycles. The molecule has 31 heavy (non-hydrogen) atoms. The quantitative estimate of drug-likeness (QED) is 0.461. The van der Waals surface area contributed by atoms with Crippen LogP contribution < -0.4 is 10.8 Å². The van der Waals surface area contributed by atoms with Gasteiger partial charge in [-0.25, -0.2) is 13.8 Å². The third-order valence-corrected chi connectivity index (χ3v) is 5.39. The van der Waals surface area contributed by atoms with Gasteiger partial charge in [0.1, 0.15) is 11.6 Å². The zero-order chi connectivity index (χ0) is 21.5. The highest BCUT2D eigenvalue weighted by Gasteiger charge is 2.27. The first-order valence-corrected chi connectivity index (χ1v) is 10.2. The maximum Gasteiger partial charge on any atom is 0.158 e. The Labute approximate surface area is 178 Å². The number of benzene rings is 1. The van der Waals surface area contributed by atoms with Crippen LogP contribution in [0.25, 0.3) is 22.0 Å². The molecule has 5 rings (SSSR count). The maximum absolute atomic E-state index is 15.9. The predicted molar refractivity (Wildman–Crippen MR) is 116 cm³/mol.